The molecule has 1 aromatic rings. The van der Waals surface area contributed by atoms with Crippen molar-refractivity contribution in [1.29, 1.82) is 0 Å². The van der Waals surface area contributed by atoms with Crippen molar-refractivity contribution in [3.05, 3.63) is 23.7 Å². The molecule has 1 fully saturated rings. The zero-order valence-electron chi connectivity index (χ0n) is 10.3. The van der Waals surface area contributed by atoms with Gasteiger partial charge in [-0.3, -0.25) is 4.79 Å². The molecule has 0 radical (unpaired) electrons. The van der Waals surface area contributed by atoms with E-state index in [0.717, 1.165) is 11.5 Å². The first-order valence-electron chi connectivity index (χ1n) is 6.02. The van der Waals surface area contributed by atoms with Gasteiger partial charge < -0.3 is 14.9 Å². The normalized spacial score (nSPS) is 24.4. The molecular formula is C13H19NO3. The third-order valence-corrected chi connectivity index (χ3v) is 3.45. The lowest BCUT2D eigenvalue weighted by molar-refractivity contribution is -0.141. The maximum absolute atomic E-state index is 11.2. The predicted octanol–water partition coefficient (Wildman–Crippen LogP) is 2.01. The standard InChI is InChI=1S/C13H19NO3/c1-8-5-10(8)12-4-3-11(17-12)9(7-14)6-13(15)16-2/h3-4,8-10H,5-7,14H2,1-2H3. The molecule has 0 bridgehead atoms. The van der Waals surface area contributed by atoms with E-state index in [1.165, 1.54) is 13.5 Å². The van der Waals surface area contributed by atoms with E-state index < -0.39 is 0 Å². The summed E-state index contributed by atoms with van der Waals surface area (Å²) < 4.78 is 10.4. The number of furan rings is 1. The largest absolute Gasteiger partial charge is 0.469 e. The number of esters is 1. The second-order valence-electron chi connectivity index (χ2n) is 4.77. The molecule has 1 aromatic heterocycles. The summed E-state index contributed by atoms with van der Waals surface area (Å²) in [4.78, 5) is 11.2. The summed E-state index contributed by atoms with van der Waals surface area (Å²) >= 11 is 0. The van der Waals surface area contributed by atoms with Crippen LogP contribution in [0.5, 0.6) is 0 Å². The van der Waals surface area contributed by atoms with Crippen LogP contribution in [0.15, 0.2) is 16.5 Å². The van der Waals surface area contributed by atoms with Crippen LogP contribution in [-0.2, 0) is 9.53 Å². The van der Waals surface area contributed by atoms with Crippen LogP contribution in [0, 0.1) is 5.92 Å². The van der Waals surface area contributed by atoms with E-state index in [9.17, 15) is 4.79 Å². The summed E-state index contributed by atoms with van der Waals surface area (Å²) in [5.41, 5.74) is 5.67. The Morgan fingerprint density at radius 2 is 2.35 bits per heavy atom. The molecule has 0 spiro atoms. The summed E-state index contributed by atoms with van der Waals surface area (Å²) in [5, 5.41) is 0. The maximum atomic E-state index is 11.2. The van der Waals surface area contributed by atoms with Gasteiger partial charge in [-0.1, -0.05) is 6.92 Å². The molecule has 4 heteroatoms. The van der Waals surface area contributed by atoms with Gasteiger partial charge in [0.25, 0.3) is 0 Å². The molecule has 1 saturated carbocycles. The van der Waals surface area contributed by atoms with Crippen molar-refractivity contribution in [2.75, 3.05) is 13.7 Å². The van der Waals surface area contributed by atoms with E-state index in [1.54, 1.807) is 0 Å². The van der Waals surface area contributed by atoms with Crippen LogP contribution in [0.25, 0.3) is 0 Å². The minimum Gasteiger partial charge on any atom is -0.469 e. The number of hydrogen-bond donors (Lipinski definition) is 1. The van der Waals surface area contributed by atoms with E-state index in [0.29, 0.717) is 18.4 Å². The number of nitrogens with two attached hydrogens (primary N) is 1. The van der Waals surface area contributed by atoms with Crippen LogP contribution < -0.4 is 5.73 Å². The van der Waals surface area contributed by atoms with Gasteiger partial charge in [-0.2, -0.15) is 0 Å². The highest BCUT2D eigenvalue weighted by Gasteiger charge is 2.37. The van der Waals surface area contributed by atoms with Gasteiger partial charge in [-0.05, 0) is 24.5 Å². The summed E-state index contributed by atoms with van der Waals surface area (Å²) in [5.74, 6) is 2.76. The molecule has 94 valence electrons. The second kappa shape index (κ2) is 4.92. The lowest BCUT2D eigenvalue weighted by Gasteiger charge is -2.10. The quantitative estimate of drug-likeness (QED) is 0.795. The minimum atomic E-state index is -0.252. The zero-order valence-corrected chi connectivity index (χ0v) is 10.3. The highest BCUT2D eigenvalue weighted by atomic mass is 16.5. The molecule has 0 aliphatic heterocycles. The average Bonchev–Trinajstić information content (AvgIpc) is 2.88. The smallest absolute Gasteiger partial charge is 0.306 e. The number of ether oxygens (including phenoxy) is 1. The Morgan fingerprint density at radius 1 is 1.65 bits per heavy atom. The number of methoxy groups -OCH3 is 1. The van der Waals surface area contributed by atoms with Gasteiger partial charge in [0.2, 0.25) is 0 Å². The monoisotopic (exact) mass is 237 g/mol. The Hall–Kier alpha value is -1.29. The van der Waals surface area contributed by atoms with Crippen molar-refractivity contribution < 1.29 is 13.9 Å². The van der Waals surface area contributed by atoms with Gasteiger partial charge in [0, 0.05) is 18.4 Å². The number of hydrogen-bond acceptors (Lipinski definition) is 4. The SMILES string of the molecule is COC(=O)CC(CN)c1ccc(C2CC2C)o1. The van der Waals surface area contributed by atoms with Gasteiger partial charge in [0.15, 0.2) is 0 Å². The van der Waals surface area contributed by atoms with Crippen molar-refractivity contribution in [1.82, 2.24) is 0 Å². The molecule has 1 heterocycles. The van der Waals surface area contributed by atoms with Crippen molar-refractivity contribution in [2.24, 2.45) is 11.7 Å². The van der Waals surface area contributed by atoms with E-state index in [1.807, 2.05) is 12.1 Å². The van der Waals surface area contributed by atoms with Crippen molar-refractivity contribution >= 4 is 5.97 Å². The molecule has 2 N–H and O–H groups in total. The number of carbonyl (C=O) groups excluding carboxylic acids is 1. The van der Waals surface area contributed by atoms with E-state index in [4.69, 9.17) is 10.2 Å². The molecule has 0 aromatic carbocycles. The molecule has 2 rings (SSSR count). The lowest BCUT2D eigenvalue weighted by Crippen LogP contribution is -2.16. The average molecular weight is 237 g/mol. The molecule has 1 aliphatic rings. The highest BCUT2D eigenvalue weighted by molar-refractivity contribution is 5.70. The first-order valence-corrected chi connectivity index (χ1v) is 6.02. The maximum Gasteiger partial charge on any atom is 0.306 e. The number of carbonyl (C=O) groups is 1. The Kier molecular flexibility index (Phi) is 3.52. The highest BCUT2D eigenvalue weighted by Crippen LogP contribution is 2.47. The molecule has 1 aliphatic carbocycles. The van der Waals surface area contributed by atoms with E-state index in [2.05, 4.69) is 11.7 Å². The Bertz CT molecular complexity index is 399. The van der Waals surface area contributed by atoms with Crippen molar-refractivity contribution in [3.63, 3.8) is 0 Å². The molecule has 0 amide bonds. The van der Waals surface area contributed by atoms with Crippen LogP contribution in [0.1, 0.15) is 43.1 Å². The lowest BCUT2D eigenvalue weighted by atomic mass is 10.0. The third kappa shape index (κ3) is 2.69. The number of rotatable bonds is 5. The molecule has 17 heavy (non-hydrogen) atoms. The first kappa shape index (κ1) is 12.2. The van der Waals surface area contributed by atoms with Crippen LogP contribution in [0.2, 0.25) is 0 Å². The molecule has 4 nitrogen and oxygen atoms in total. The topological polar surface area (TPSA) is 65.5 Å². The van der Waals surface area contributed by atoms with Gasteiger partial charge in [0.1, 0.15) is 11.5 Å². The van der Waals surface area contributed by atoms with Crippen molar-refractivity contribution in [3.8, 4) is 0 Å². The second-order valence-corrected chi connectivity index (χ2v) is 4.77. The van der Waals surface area contributed by atoms with Crippen LogP contribution >= 0.6 is 0 Å². The van der Waals surface area contributed by atoms with Crippen LogP contribution in [0.3, 0.4) is 0 Å². The summed E-state index contributed by atoms with van der Waals surface area (Å²) in [7, 11) is 1.38. The summed E-state index contributed by atoms with van der Waals surface area (Å²) in [6.45, 7) is 2.60. The first-order chi connectivity index (χ1) is 8.15. The van der Waals surface area contributed by atoms with E-state index >= 15 is 0 Å². The van der Waals surface area contributed by atoms with Gasteiger partial charge >= 0.3 is 5.97 Å². The third-order valence-electron chi connectivity index (χ3n) is 3.45. The molecule has 0 saturated heterocycles. The predicted molar refractivity (Wildman–Crippen MR) is 63.7 cm³/mol. The Morgan fingerprint density at radius 3 is 2.88 bits per heavy atom. The molecular weight excluding hydrogens is 218 g/mol. The van der Waals surface area contributed by atoms with E-state index in [-0.39, 0.29) is 18.3 Å². The summed E-state index contributed by atoms with van der Waals surface area (Å²) in [6, 6.07) is 3.93. The summed E-state index contributed by atoms with van der Waals surface area (Å²) in [6.07, 6.45) is 1.47. The Balaban J connectivity index is 2.03. The molecule has 3 unspecified atom stereocenters. The van der Waals surface area contributed by atoms with Crippen LogP contribution in [0.4, 0.5) is 0 Å². The van der Waals surface area contributed by atoms with Gasteiger partial charge in [0.05, 0.1) is 13.5 Å². The van der Waals surface area contributed by atoms with Gasteiger partial charge in [-0.25, -0.2) is 0 Å². The fourth-order valence-corrected chi connectivity index (χ4v) is 2.09. The van der Waals surface area contributed by atoms with Crippen LogP contribution in [-0.4, -0.2) is 19.6 Å². The fourth-order valence-electron chi connectivity index (χ4n) is 2.09. The van der Waals surface area contributed by atoms with Gasteiger partial charge in [-0.15, -0.1) is 0 Å². The zero-order chi connectivity index (χ0) is 12.4. The fraction of sp³-hybridized carbons (Fsp3) is 0.615. The molecule has 3 atom stereocenters. The minimum absolute atomic E-state index is 0.0785. The Labute approximate surface area is 101 Å². The van der Waals surface area contributed by atoms with Crippen molar-refractivity contribution in [2.45, 2.75) is 31.6 Å².